The van der Waals surface area contributed by atoms with Crippen molar-refractivity contribution >= 4 is 33.8 Å². The number of ketones is 1. The second-order valence-corrected chi connectivity index (χ2v) is 6.31. The number of nitriles is 1. The van der Waals surface area contributed by atoms with Crippen LogP contribution >= 0.6 is 15.9 Å². The molecular weight excluding hydrogens is 384 g/mol. The number of aromatic nitrogens is 1. The summed E-state index contributed by atoms with van der Waals surface area (Å²) in [6, 6.07) is 9.19. The number of aryl methyl sites for hydroxylation is 1. The van der Waals surface area contributed by atoms with Crippen LogP contribution in [-0.2, 0) is 4.74 Å². The Bertz CT molecular complexity index is 887. The lowest BCUT2D eigenvalue weighted by atomic mass is 10.0. The largest absolute Gasteiger partial charge is 0.462 e. The van der Waals surface area contributed by atoms with Gasteiger partial charge in [0.15, 0.2) is 0 Å². The Hall–Kier alpha value is -2.65. The van der Waals surface area contributed by atoms with Crippen LogP contribution in [0, 0.1) is 25.2 Å². The van der Waals surface area contributed by atoms with Crippen LogP contribution in [0.3, 0.4) is 0 Å². The number of nitrogens with one attached hydrogen (secondary N) is 1. The molecule has 0 atom stereocenters. The predicted octanol–water partition coefficient (Wildman–Crippen LogP) is 4.36. The molecule has 128 valence electrons. The summed E-state index contributed by atoms with van der Waals surface area (Å²) in [5, 5.41) is 9.38. The van der Waals surface area contributed by atoms with Crippen molar-refractivity contribution in [1.82, 2.24) is 4.98 Å². The van der Waals surface area contributed by atoms with Crippen LogP contribution in [0.2, 0.25) is 0 Å². The van der Waals surface area contributed by atoms with Gasteiger partial charge in [0.25, 0.3) is 0 Å². The number of ether oxygens (including phenoxy) is 1. The number of hydrogen-bond acceptors (Lipinski definition) is 4. The van der Waals surface area contributed by atoms with Gasteiger partial charge in [-0.25, -0.2) is 4.79 Å². The molecule has 2 rings (SSSR count). The highest BCUT2D eigenvalue weighted by molar-refractivity contribution is 9.10. The zero-order valence-corrected chi connectivity index (χ0v) is 15.7. The van der Waals surface area contributed by atoms with Crippen molar-refractivity contribution in [3.63, 3.8) is 0 Å². The van der Waals surface area contributed by atoms with E-state index in [1.54, 1.807) is 32.9 Å². The summed E-state index contributed by atoms with van der Waals surface area (Å²) in [6.45, 7) is 5.33. The molecule has 0 saturated carbocycles. The number of hydrogen-bond donors (Lipinski definition) is 1. The molecule has 0 fully saturated rings. The van der Waals surface area contributed by atoms with Gasteiger partial charge in [-0.1, -0.05) is 28.1 Å². The molecule has 0 aliphatic carbocycles. The lowest BCUT2D eigenvalue weighted by molar-refractivity contribution is 0.0525. The van der Waals surface area contributed by atoms with Crippen molar-refractivity contribution in [2.75, 3.05) is 6.61 Å². The highest BCUT2D eigenvalue weighted by Crippen LogP contribution is 2.22. The minimum Gasteiger partial charge on any atom is -0.462 e. The maximum Gasteiger partial charge on any atom is 0.340 e. The summed E-state index contributed by atoms with van der Waals surface area (Å²) in [5.74, 6) is -0.940. The highest BCUT2D eigenvalue weighted by atomic mass is 79.9. The molecule has 1 aromatic heterocycles. The van der Waals surface area contributed by atoms with Crippen LogP contribution in [0.15, 0.2) is 34.3 Å². The van der Waals surface area contributed by atoms with Gasteiger partial charge in [0, 0.05) is 10.2 Å². The standard InChI is InChI=1S/C19H17BrN2O3/c1-4-25-19(24)16-11(2)17(22-12(16)3)18(23)14(10-21)9-13-5-7-15(20)8-6-13/h5-9,22H,4H2,1-3H3. The number of aromatic amines is 1. The third-order valence-electron chi connectivity index (χ3n) is 3.69. The van der Waals surface area contributed by atoms with Gasteiger partial charge in [-0.2, -0.15) is 5.26 Å². The van der Waals surface area contributed by atoms with E-state index < -0.39 is 11.8 Å². The van der Waals surface area contributed by atoms with E-state index in [4.69, 9.17) is 4.74 Å². The fourth-order valence-electron chi connectivity index (χ4n) is 2.50. The third-order valence-corrected chi connectivity index (χ3v) is 4.22. The number of rotatable bonds is 5. The molecule has 0 aliphatic heterocycles. The van der Waals surface area contributed by atoms with Gasteiger partial charge in [-0.3, -0.25) is 4.79 Å². The number of benzene rings is 1. The first-order chi connectivity index (χ1) is 11.9. The molecular formula is C19H17BrN2O3. The molecule has 0 amide bonds. The summed E-state index contributed by atoms with van der Waals surface area (Å²) in [4.78, 5) is 27.7. The van der Waals surface area contributed by atoms with E-state index in [0.717, 1.165) is 10.0 Å². The number of nitrogens with zero attached hydrogens (tertiary/aromatic N) is 1. The van der Waals surface area contributed by atoms with Crippen LogP contribution in [0.25, 0.3) is 6.08 Å². The second-order valence-electron chi connectivity index (χ2n) is 5.40. The number of esters is 1. The molecule has 1 heterocycles. The zero-order chi connectivity index (χ0) is 18.6. The highest BCUT2D eigenvalue weighted by Gasteiger charge is 2.24. The van der Waals surface area contributed by atoms with Gasteiger partial charge in [-0.15, -0.1) is 0 Å². The van der Waals surface area contributed by atoms with Crippen LogP contribution < -0.4 is 0 Å². The van der Waals surface area contributed by atoms with Gasteiger partial charge in [0.2, 0.25) is 5.78 Å². The summed E-state index contributed by atoms with van der Waals surface area (Å²) in [6.07, 6.45) is 1.52. The van der Waals surface area contributed by atoms with Gasteiger partial charge in [0.05, 0.1) is 17.9 Å². The molecule has 5 nitrogen and oxygen atoms in total. The molecule has 1 N–H and O–H groups in total. The quantitative estimate of drug-likeness (QED) is 0.349. The number of H-pyrrole nitrogens is 1. The van der Waals surface area contributed by atoms with E-state index in [2.05, 4.69) is 20.9 Å². The van der Waals surface area contributed by atoms with E-state index in [1.165, 1.54) is 6.08 Å². The monoisotopic (exact) mass is 400 g/mol. The van der Waals surface area contributed by atoms with E-state index in [9.17, 15) is 14.9 Å². The minimum absolute atomic E-state index is 0.0120. The van der Waals surface area contributed by atoms with Crippen molar-refractivity contribution in [2.45, 2.75) is 20.8 Å². The SMILES string of the molecule is CCOC(=O)c1c(C)[nH]c(C(=O)C(C#N)=Cc2ccc(Br)cc2)c1C. The Morgan fingerprint density at radius 1 is 1.28 bits per heavy atom. The van der Waals surface area contributed by atoms with Gasteiger partial charge in [0.1, 0.15) is 11.6 Å². The lowest BCUT2D eigenvalue weighted by Crippen LogP contribution is -2.08. The number of halogens is 1. The zero-order valence-electron chi connectivity index (χ0n) is 14.1. The fourth-order valence-corrected chi connectivity index (χ4v) is 2.76. The minimum atomic E-state index is -0.483. The topological polar surface area (TPSA) is 83.0 Å². The van der Waals surface area contributed by atoms with Crippen LogP contribution in [0.1, 0.15) is 44.6 Å². The Balaban J connectivity index is 2.42. The predicted molar refractivity (Wildman–Crippen MR) is 98.3 cm³/mol. The summed E-state index contributed by atoms with van der Waals surface area (Å²) in [7, 11) is 0. The van der Waals surface area contributed by atoms with Crippen molar-refractivity contribution in [1.29, 1.82) is 5.26 Å². The lowest BCUT2D eigenvalue weighted by Gasteiger charge is -2.03. The Labute approximate surface area is 154 Å². The molecule has 0 unspecified atom stereocenters. The van der Waals surface area contributed by atoms with Crippen LogP contribution in [0.5, 0.6) is 0 Å². The van der Waals surface area contributed by atoms with E-state index in [-0.39, 0.29) is 17.9 Å². The summed E-state index contributed by atoms with van der Waals surface area (Å²) in [5.41, 5.74) is 2.32. The molecule has 6 heteroatoms. The van der Waals surface area contributed by atoms with Gasteiger partial charge < -0.3 is 9.72 Å². The number of Topliss-reactive ketones (excluding diaryl/α,β-unsaturated/α-hetero) is 1. The molecule has 0 spiro atoms. The smallest absolute Gasteiger partial charge is 0.340 e. The number of carbonyl (C=O) groups excluding carboxylic acids is 2. The summed E-state index contributed by atoms with van der Waals surface area (Å²) >= 11 is 3.34. The Kier molecular flexibility index (Phi) is 5.94. The first-order valence-corrected chi connectivity index (χ1v) is 8.46. The molecule has 25 heavy (non-hydrogen) atoms. The average molecular weight is 401 g/mol. The van der Waals surface area contributed by atoms with Crippen molar-refractivity contribution in [3.8, 4) is 6.07 Å². The molecule has 0 saturated heterocycles. The third kappa shape index (κ3) is 4.06. The molecule has 0 aliphatic rings. The first kappa shape index (κ1) is 18.7. The Morgan fingerprint density at radius 3 is 2.48 bits per heavy atom. The molecule has 2 aromatic rings. The number of allylic oxidation sites excluding steroid dienone is 1. The van der Waals surface area contributed by atoms with E-state index in [0.29, 0.717) is 16.8 Å². The Morgan fingerprint density at radius 2 is 1.92 bits per heavy atom. The first-order valence-electron chi connectivity index (χ1n) is 7.67. The normalized spacial score (nSPS) is 11.1. The number of carbonyl (C=O) groups is 2. The van der Waals surface area contributed by atoms with Crippen molar-refractivity contribution in [3.05, 3.63) is 62.4 Å². The molecule has 0 radical (unpaired) electrons. The molecule has 1 aromatic carbocycles. The maximum absolute atomic E-state index is 12.7. The fraction of sp³-hybridized carbons (Fsp3) is 0.211. The van der Waals surface area contributed by atoms with Crippen LogP contribution in [-0.4, -0.2) is 23.3 Å². The van der Waals surface area contributed by atoms with E-state index >= 15 is 0 Å². The molecule has 0 bridgehead atoms. The second kappa shape index (κ2) is 7.95. The van der Waals surface area contributed by atoms with E-state index in [1.807, 2.05) is 18.2 Å². The van der Waals surface area contributed by atoms with Gasteiger partial charge >= 0.3 is 5.97 Å². The van der Waals surface area contributed by atoms with Crippen molar-refractivity contribution < 1.29 is 14.3 Å². The van der Waals surface area contributed by atoms with Crippen LogP contribution in [0.4, 0.5) is 0 Å². The summed E-state index contributed by atoms with van der Waals surface area (Å²) < 4.78 is 5.93. The average Bonchev–Trinajstić information content (AvgIpc) is 2.88. The van der Waals surface area contributed by atoms with Gasteiger partial charge in [-0.05, 0) is 50.1 Å². The van der Waals surface area contributed by atoms with Crippen molar-refractivity contribution in [2.24, 2.45) is 0 Å². The maximum atomic E-state index is 12.7.